The fourth-order valence-electron chi connectivity index (χ4n) is 4.39. The Hall–Kier alpha value is -1.88. The Morgan fingerprint density at radius 3 is 1.39 bits per heavy atom. The van der Waals surface area contributed by atoms with Gasteiger partial charge >= 0.3 is 0 Å². The third-order valence-electron chi connectivity index (χ3n) is 7.10. The molecule has 0 aliphatic carbocycles. The number of quaternary nitrogens is 2. The van der Waals surface area contributed by atoms with Crippen molar-refractivity contribution < 1.29 is 62.7 Å². The summed E-state index contributed by atoms with van der Waals surface area (Å²) in [5.41, 5.74) is 1.24. The first-order chi connectivity index (χ1) is 17.1. The van der Waals surface area contributed by atoms with Crippen LogP contribution in [0.25, 0.3) is 0 Å². The average Bonchev–Trinajstić information content (AvgIpc) is 2.84. The van der Waals surface area contributed by atoms with E-state index in [1.807, 2.05) is 27.9 Å². The second kappa shape index (κ2) is 17.7. The molecule has 0 aliphatic heterocycles. The summed E-state index contributed by atoms with van der Waals surface area (Å²) in [5, 5.41) is 20.0. The molecule has 0 saturated heterocycles. The molecule has 2 aromatic heterocycles. The Morgan fingerprint density at radius 2 is 1.08 bits per heavy atom. The Morgan fingerprint density at radius 1 is 0.711 bits per heavy atom. The molecule has 0 saturated carbocycles. The van der Waals surface area contributed by atoms with Crippen LogP contribution in [0, 0.1) is 0 Å². The first-order valence-corrected chi connectivity index (χ1v) is 13.1. The van der Waals surface area contributed by atoms with E-state index in [0.29, 0.717) is 59.4 Å². The quantitative estimate of drug-likeness (QED) is 0.151. The minimum atomic E-state index is 0. The standard InChI is InChI=1S/C28H42N4O4.2BrH/c1-5-31(3,21-25-27(35)15-11-17-29-25)19-23(33)13-9-7-8-10-14-24(34)20-32(4,6-2)22-26-28(36)16-12-18-30-26;;/h11-12,15-18H,5-10,13-14,19-22H2,1-4H3;2*1H. The van der Waals surface area contributed by atoms with Crippen molar-refractivity contribution in [3.8, 4) is 11.5 Å². The van der Waals surface area contributed by atoms with Crippen LogP contribution in [0.4, 0.5) is 0 Å². The molecule has 2 heterocycles. The molecule has 0 fully saturated rings. The van der Waals surface area contributed by atoms with E-state index in [-0.39, 0.29) is 57.0 Å². The first kappa shape index (κ1) is 36.1. The molecular weight excluding hydrogens is 616 g/mol. The highest BCUT2D eigenvalue weighted by atomic mass is 79.9. The average molecular weight is 660 g/mol. The van der Waals surface area contributed by atoms with Gasteiger partial charge in [-0.25, -0.2) is 0 Å². The fraction of sp³-hybridized carbons (Fsp3) is 0.571. The molecule has 2 rings (SSSR count). The molecule has 0 radical (unpaired) electrons. The Bertz CT molecular complexity index is 931. The Balaban J connectivity index is 0.00000684. The number of carbonyl (C=O) groups is 2. The number of rotatable bonds is 17. The lowest BCUT2D eigenvalue weighted by Crippen LogP contribution is -3.00. The smallest absolute Gasteiger partial charge is 0.186 e. The number of halogens is 2. The van der Waals surface area contributed by atoms with E-state index in [1.54, 1.807) is 36.7 Å². The number of Topliss-reactive ketones (excluding diaryl/α,β-unsaturated/α-hetero) is 2. The molecule has 0 spiro atoms. The number of aromatic hydroxyl groups is 2. The van der Waals surface area contributed by atoms with Gasteiger partial charge in [0.25, 0.3) is 0 Å². The molecule has 0 bridgehead atoms. The molecule has 0 aliphatic rings. The Kier molecular flexibility index (Phi) is 16.8. The van der Waals surface area contributed by atoms with Crippen molar-refractivity contribution >= 4 is 11.6 Å². The molecule has 0 aromatic carbocycles. The highest BCUT2D eigenvalue weighted by Gasteiger charge is 2.27. The highest BCUT2D eigenvalue weighted by molar-refractivity contribution is 5.80. The lowest BCUT2D eigenvalue weighted by molar-refractivity contribution is -0.913. The van der Waals surface area contributed by atoms with Gasteiger partial charge in [0, 0.05) is 25.2 Å². The summed E-state index contributed by atoms with van der Waals surface area (Å²) in [6.07, 6.45) is 7.90. The number of ketones is 2. The lowest BCUT2D eigenvalue weighted by Gasteiger charge is -2.32. The maximum Gasteiger partial charge on any atom is 0.186 e. The molecule has 2 aromatic rings. The zero-order valence-corrected chi connectivity index (χ0v) is 26.4. The van der Waals surface area contributed by atoms with E-state index in [4.69, 9.17) is 0 Å². The van der Waals surface area contributed by atoms with Crippen LogP contribution in [0.2, 0.25) is 0 Å². The predicted octanol–water partition coefficient (Wildman–Crippen LogP) is -1.99. The number of aromatic nitrogens is 2. The first-order valence-electron chi connectivity index (χ1n) is 13.1. The van der Waals surface area contributed by atoms with Gasteiger partial charge in [0.15, 0.2) is 11.6 Å². The summed E-state index contributed by atoms with van der Waals surface area (Å²) in [6.45, 7) is 7.53. The van der Waals surface area contributed by atoms with E-state index < -0.39 is 0 Å². The fourth-order valence-corrected chi connectivity index (χ4v) is 4.39. The summed E-state index contributed by atoms with van der Waals surface area (Å²) in [4.78, 5) is 33.8. The topological polar surface area (TPSA) is 100 Å². The van der Waals surface area contributed by atoms with Crippen LogP contribution in [0.1, 0.15) is 63.8 Å². The summed E-state index contributed by atoms with van der Waals surface area (Å²) >= 11 is 0. The summed E-state index contributed by atoms with van der Waals surface area (Å²) < 4.78 is 1.03. The SMILES string of the molecule is CC[N+](C)(CC(=O)CCCCCCC(=O)C[N+](C)(CC)Cc1ncccc1O)Cc1ncccc1O.[Br-].[Br-]. The molecular formula is C28H44Br2N4O4. The molecule has 2 N–H and O–H groups in total. The summed E-state index contributed by atoms with van der Waals surface area (Å²) in [7, 11) is 4.05. The number of hydrogen-bond acceptors (Lipinski definition) is 6. The van der Waals surface area contributed by atoms with E-state index in [2.05, 4.69) is 9.97 Å². The Labute approximate surface area is 248 Å². The maximum absolute atomic E-state index is 12.6. The van der Waals surface area contributed by atoms with Crippen LogP contribution < -0.4 is 34.0 Å². The number of pyridine rings is 2. The van der Waals surface area contributed by atoms with Gasteiger partial charge in [-0.2, -0.15) is 0 Å². The number of hydrogen-bond donors (Lipinski definition) is 2. The van der Waals surface area contributed by atoms with Gasteiger partial charge in [0.1, 0.15) is 49.1 Å². The number of unbranched alkanes of at least 4 members (excludes halogenated alkanes) is 3. The predicted molar refractivity (Wildman–Crippen MR) is 140 cm³/mol. The van der Waals surface area contributed by atoms with Crippen molar-refractivity contribution in [2.24, 2.45) is 0 Å². The van der Waals surface area contributed by atoms with Crippen LogP contribution in [-0.2, 0) is 22.7 Å². The van der Waals surface area contributed by atoms with Gasteiger partial charge in [-0.05, 0) is 51.0 Å². The van der Waals surface area contributed by atoms with Gasteiger partial charge in [0.05, 0.1) is 27.2 Å². The summed E-state index contributed by atoms with van der Waals surface area (Å²) in [6, 6.07) is 6.65. The van der Waals surface area contributed by atoms with Crippen molar-refractivity contribution in [3.05, 3.63) is 48.0 Å². The highest BCUT2D eigenvalue weighted by Crippen LogP contribution is 2.20. The van der Waals surface area contributed by atoms with Crippen LogP contribution in [0.3, 0.4) is 0 Å². The zero-order chi connectivity index (χ0) is 26.6. The lowest BCUT2D eigenvalue weighted by atomic mass is 10.1. The third-order valence-corrected chi connectivity index (χ3v) is 7.10. The summed E-state index contributed by atoms with van der Waals surface area (Å²) in [5.74, 6) is 0.787. The molecule has 38 heavy (non-hydrogen) atoms. The van der Waals surface area contributed by atoms with Crippen molar-refractivity contribution in [2.45, 2.75) is 65.5 Å². The number of likely N-dealkylation sites (N-methyl/N-ethyl adjacent to an activating group) is 2. The normalized spacial score (nSPS) is 13.9. The number of nitrogens with zero attached hydrogens (tertiary/aromatic N) is 4. The van der Waals surface area contributed by atoms with Crippen molar-refractivity contribution in [1.82, 2.24) is 9.97 Å². The molecule has 8 nitrogen and oxygen atoms in total. The van der Waals surface area contributed by atoms with Crippen LogP contribution >= 0.6 is 0 Å². The van der Waals surface area contributed by atoms with Gasteiger partial charge in [-0.1, -0.05) is 12.8 Å². The second-order valence-corrected chi connectivity index (χ2v) is 10.4. The van der Waals surface area contributed by atoms with E-state index >= 15 is 0 Å². The zero-order valence-electron chi connectivity index (χ0n) is 23.2. The monoisotopic (exact) mass is 658 g/mol. The van der Waals surface area contributed by atoms with Crippen molar-refractivity contribution in [1.29, 1.82) is 0 Å². The molecule has 214 valence electrons. The van der Waals surface area contributed by atoms with Crippen LogP contribution in [-0.4, -0.2) is 81.0 Å². The molecule has 2 unspecified atom stereocenters. The second-order valence-electron chi connectivity index (χ2n) is 10.4. The van der Waals surface area contributed by atoms with Gasteiger partial charge in [-0.3, -0.25) is 19.6 Å². The molecule has 10 heteroatoms. The van der Waals surface area contributed by atoms with Crippen LogP contribution in [0.5, 0.6) is 11.5 Å². The van der Waals surface area contributed by atoms with Gasteiger partial charge in [0.2, 0.25) is 0 Å². The van der Waals surface area contributed by atoms with Gasteiger partial charge in [-0.15, -0.1) is 0 Å². The van der Waals surface area contributed by atoms with Crippen molar-refractivity contribution in [2.75, 3.05) is 40.3 Å². The number of carbonyl (C=O) groups excluding carboxylic acids is 2. The molecule has 2 atom stereocenters. The van der Waals surface area contributed by atoms with E-state index in [9.17, 15) is 19.8 Å². The largest absolute Gasteiger partial charge is 1.00 e. The van der Waals surface area contributed by atoms with E-state index in [1.165, 1.54) is 0 Å². The minimum absolute atomic E-state index is 0. The van der Waals surface area contributed by atoms with E-state index in [0.717, 1.165) is 38.8 Å². The van der Waals surface area contributed by atoms with Gasteiger partial charge < -0.3 is 53.1 Å². The minimum Gasteiger partial charge on any atom is -1.00 e. The maximum atomic E-state index is 12.6. The van der Waals surface area contributed by atoms with Crippen molar-refractivity contribution in [3.63, 3.8) is 0 Å². The molecule has 0 amide bonds. The van der Waals surface area contributed by atoms with Crippen LogP contribution in [0.15, 0.2) is 36.7 Å². The third kappa shape index (κ3) is 12.3.